The molecular weight excluding hydrogens is 269 g/mol. The van der Waals surface area contributed by atoms with Gasteiger partial charge in [-0.05, 0) is 6.92 Å². The maximum atomic E-state index is 14.2. The van der Waals surface area contributed by atoms with Crippen LogP contribution in [0.5, 0.6) is 0 Å². The Morgan fingerprint density at radius 3 is 2.65 bits per heavy atom. The number of hydrogen-bond donors (Lipinski definition) is 0. The lowest BCUT2D eigenvalue weighted by Crippen LogP contribution is -2.25. The molecule has 0 aliphatic carbocycles. The third-order valence-corrected chi connectivity index (χ3v) is 3.16. The quantitative estimate of drug-likeness (QED) is 0.869. The van der Waals surface area contributed by atoms with Crippen molar-refractivity contribution >= 4 is 5.52 Å². The third-order valence-electron chi connectivity index (χ3n) is 3.16. The summed E-state index contributed by atoms with van der Waals surface area (Å²) in [6.07, 6.45) is -1.80. The van der Waals surface area contributed by atoms with Gasteiger partial charge >= 0.3 is 0 Å². The van der Waals surface area contributed by atoms with Gasteiger partial charge in [0.2, 0.25) is 6.43 Å². The van der Waals surface area contributed by atoms with Gasteiger partial charge in [-0.3, -0.25) is 0 Å². The van der Waals surface area contributed by atoms with Crippen molar-refractivity contribution < 1.29 is 13.2 Å². The first kappa shape index (κ1) is 14.3. The van der Waals surface area contributed by atoms with E-state index >= 15 is 0 Å². The van der Waals surface area contributed by atoms with Crippen molar-refractivity contribution in [3.8, 4) is 6.07 Å². The van der Waals surface area contributed by atoms with Crippen LogP contribution in [-0.2, 0) is 5.41 Å². The van der Waals surface area contributed by atoms with Gasteiger partial charge in [0.15, 0.2) is 5.82 Å². The number of fused-ring (bicyclic) bond motifs is 1. The number of hydrogen-bond acceptors (Lipinski definition) is 3. The minimum atomic E-state index is -2.56. The van der Waals surface area contributed by atoms with E-state index in [1.165, 1.54) is 10.7 Å². The summed E-state index contributed by atoms with van der Waals surface area (Å²) in [5.74, 6) is -0.407. The minimum Gasteiger partial charge on any atom is -0.237 e. The van der Waals surface area contributed by atoms with E-state index in [9.17, 15) is 13.2 Å². The average molecular weight is 282 g/mol. The summed E-state index contributed by atoms with van der Waals surface area (Å²) in [4.78, 5) is 3.87. The van der Waals surface area contributed by atoms with Gasteiger partial charge in [0.25, 0.3) is 0 Å². The van der Waals surface area contributed by atoms with E-state index in [4.69, 9.17) is 5.26 Å². The van der Waals surface area contributed by atoms with Crippen LogP contribution in [-0.4, -0.2) is 21.0 Å². The first-order chi connectivity index (χ1) is 9.27. The summed E-state index contributed by atoms with van der Waals surface area (Å²) >= 11 is 0. The Bertz CT molecular complexity index is 698. The molecule has 0 fully saturated rings. The number of aryl methyl sites for hydroxylation is 1. The molecule has 0 aliphatic rings. The lowest BCUT2D eigenvalue weighted by atomic mass is 9.84. The molecule has 0 aromatic carbocycles. The largest absolute Gasteiger partial charge is 0.239 e. The van der Waals surface area contributed by atoms with Crippen LogP contribution in [0.3, 0.4) is 0 Å². The molecule has 2 aromatic heterocycles. The molecule has 7 heteroatoms. The molecule has 0 amide bonds. The van der Waals surface area contributed by atoms with E-state index in [0.717, 1.165) is 0 Å². The third kappa shape index (κ3) is 2.22. The van der Waals surface area contributed by atoms with Crippen molar-refractivity contribution in [2.45, 2.75) is 39.0 Å². The van der Waals surface area contributed by atoms with Crippen molar-refractivity contribution in [3.05, 3.63) is 29.1 Å². The Hall–Kier alpha value is -2.10. The molecule has 0 saturated heterocycles. The molecule has 0 bridgehead atoms. The molecule has 0 aliphatic heterocycles. The predicted molar refractivity (Wildman–Crippen MR) is 66.0 cm³/mol. The number of rotatable bonds is 3. The molecular formula is C13H13F3N4. The molecule has 0 radical (unpaired) electrons. The zero-order valence-electron chi connectivity index (χ0n) is 11.3. The standard InChI is InChI=1S/C13H13F3N4/c1-7-18-6-9-11(16)8(5-17)12(20(9)19-7)13(2,3)4-10(14)15/h6,10H,4H2,1-3H3. The second kappa shape index (κ2) is 4.78. The fourth-order valence-electron chi connectivity index (χ4n) is 2.30. The Morgan fingerprint density at radius 2 is 2.10 bits per heavy atom. The minimum absolute atomic E-state index is 0.0180. The second-order valence-corrected chi connectivity index (χ2v) is 5.23. The van der Waals surface area contributed by atoms with Crippen LogP contribution in [0.1, 0.15) is 37.4 Å². The summed E-state index contributed by atoms with van der Waals surface area (Å²) in [6.45, 7) is 4.69. The smallest absolute Gasteiger partial charge is 0.237 e. The van der Waals surface area contributed by atoms with E-state index in [1.54, 1.807) is 26.8 Å². The van der Waals surface area contributed by atoms with Crippen molar-refractivity contribution in [2.24, 2.45) is 0 Å². The molecule has 2 heterocycles. The second-order valence-electron chi connectivity index (χ2n) is 5.23. The predicted octanol–water partition coefficient (Wildman–Crippen LogP) is 2.98. The number of nitriles is 1. The number of aromatic nitrogens is 3. The Kier molecular flexibility index (Phi) is 3.42. The van der Waals surface area contributed by atoms with E-state index < -0.39 is 24.1 Å². The highest BCUT2D eigenvalue weighted by Gasteiger charge is 2.34. The topological polar surface area (TPSA) is 54.0 Å². The van der Waals surface area contributed by atoms with E-state index in [-0.39, 0.29) is 16.8 Å². The highest BCUT2D eigenvalue weighted by Crippen LogP contribution is 2.35. The molecule has 2 rings (SSSR count). The van der Waals surface area contributed by atoms with Crippen molar-refractivity contribution in [1.82, 2.24) is 14.6 Å². The molecule has 0 atom stereocenters. The molecule has 106 valence electrons. The molecule has 2 aromatic rings. The van der Waals surface area contributed by atoms with Crippen molar-refractivity contribution in [2.75, 3.05) is 0 Å². The van der Waals surface area contributed by atoms with Crippen LogP contribution in [0.2, 0.25) is 0 Å². The summed E-state index contributed by atoms with van der Waals surface area (Å²) in [5, 5.41) is 13.2. The van der Waals surface area contributed by atoms with Gasteiger partial charge in [0, 0.05) is 11.8 Å². The zero-order valence-corrected chi connectivity index (χ0v) is 11.3. The van der Waals surface area contributed by atoms with E-state index in [1.807, 2.05) is 0 Å². The molecule has 4 nitrogen and oxygen atoms in total. The fourth-order valence-corrected chi connectivity index (χ4v) is 2.30. The fraction of sp³-hybridized carbons (Fsp3) is 0.462. The normalized spacial score (nSPS) is 12.1. The molecule has 0 unspecified atom stereocenters. The Balaban J connectivity index is 2.80. The highest BCUT2D eigenvalue weighted by atomic mass is 19.3. The van der Waals surface area contributed by atoms with Crippen LogP contribution >= 0.6 is 0 Å². The molecule has 0 saturated carbocycles. The van der Waals surface area contributed by atoms with Crippen LogP contribution < -0.4 is 0 Å². The first-order valence-corrected chi connectivity index (χ1v) is 6.00. The number of halogens is 3. The monoisotopic (exact) mass is 282 g/mol. The SMILES string of the molecule is Cc1ncc2c(F)c(C#N)c(C(C)(C)CC(F)F)n2n1. The Labute approximate surface area is 113 Å². The summed E-state index contributed by atoms with van der Waals surface area (Å²) in [6, 6.07) is 1.74. The van der Waals surface area contributed by atoms with Gasteiger partial charge in [0.05, 0.1) is 11.9 Å². The van der Waals surface area contributed by atoms with E-state index in [0.29, 0.717) is 5.82 Å². The first-order valence-electron chi connectivity index (χ1n) is 6.00. The van der Waals surface area contributed by atoms with Crippen molar-refractivity contribution in [1.29, 1.82) is 5.26 Å². The number of nitrogens with zero attached hydrogens (tertiary/aromatic N) is 4. The molecule has 0 N–H and O–H groups in total. The summed E-state index contributed by atoms with van der Waals surface area (Å²) < 4.78 is 40.8. The number of alkyl halides is 2. The maximum Gasteiger partial charge on any atom is 0.239 e. The van der Waals surface area contributed by atoms with E-state index in [2.05, 4.69) is 10.1 Å². The van der Waals surface area contributed by atoms with Crippen LogP contribution in [0.15, 0.2) is 6.20 Å². The van der Waals surface area contributed by atoms with Gasteiger partial charge in [-0.1, -0.05) is 13.8 Å². The lowest BCUT2D eigenvalue weighted by molar-refractivity contribution is 0.110. The highest BCUT2D eigenvalue weighted by molar-refractivity contribution is 5.58. The zero-order chi connectivity index (χ0) is 15.1. The summed E-state index contributed by atoms with van der Waals surface area (Å²) in [7, 11) is 0. The van der Waals surface area contributed by atoms with Crippen molar-refractivity contribution in [3.63, 3.8) is 0 Å². The Morgan fingerprint density at radius 1 is 1.45 bits per heavy atom. The van der Waals surface area contributed by atoms with Gasteiger partial charge in [0.1, 0.15) is 23.0 Å². The molecule has 0 spiro atoms. The maximum absolute atomic E-state index is 14.2. The van der Waals surface area contributed by atoms with Gasteiger partial charge in [-0.2, -0.15) is 10.4 Å². The van der Waals surface area contributed by atoms with Crippen LogP contribution in [0.25, 0.3) is 5.52 Å². The van der Waals surface area contributed by atoms with Crippen LogP contribution in [0.4, 0.5) is 13.2 Å². The van der Waals surface area contributed by atoms with Gasteiger partial charge in [-0.25, -0.2) is 22.7 Å². The molecule has 20 heavy (non-hydrogen) atoms. The average Bonchev–Trinajstić information content (AvgIpc) is 2.60. The summed E-state index contributed by atoms with van der Waals surface area (Å²) in [5.41, 5.74) is -1.17. The lowest BCUT2D eigenvalue weighted by Gasteiger charge is -2.24. The van der Waals surface area contributed by atoms with Gasteiger partial charge in [-0.15, -0.1) is 0 Å². The van der Waals surface area contributed by atoms with Gasteiger partial charge < -0.3 is 0 Å². The van der Waals surface area contributed by atoms with Crippen LogP contribution in [0, 0.1) is 24.1 Å².